The number of aromatic nitrogens is 1. The van der Waals surface area contributed by atoms with Crippen molar-refractivity contribution in [1.29, 1.82) is 0 Å². The summed E-state index contributed by atoms with van der Waals surface area (Å²) in [5.41, 5.74) is 3.17. The summed E-state index contributed by atoms with van der Waals surface area (Å²) < 4.78 is 0. The molecule has 0 saturated heterocycles. The van der Waals surface area contributed by atoms with Crippen molar-refractivity contribution in [2.24, 2.45) is 4.99 Å². The quantitative estimate of drug-likeness (QED) is 0.526. The molecule has 72 valence electrons. The minimum atomic E-state index is 0.956. The van der Waals surface area contributed by atoms with Gasteiger partial charge in [0.15, 0.2) is 0 Å². The van der Waals surface area contributed by atoms with Crippen LogP contribution in [0.1, 0.15) is 18.2 Å². The third kappa shape index (κ3) is 2.66. The Labute approximate surface area is 84.7 Å². The van der Waals surface area contributed by atoms with Crippen molar-refractivity contribution in [3.05, 3.63) is 47.9 Å². The summed E-state index contributed by atoms with van der Waals surface area (Å²) in [4.78, 5) is 7.99. The Morgan fingerprint density at radius 3 is 2.79 bits per heavy atom. The van der Waals surface area contributed by atoms with Crippen LogP contribution >= 0.6 is 0 Å². The molecular weight excluding hydrogens is 172 g/mol. The van der Waals surface area contributed by atoms with Crippen molar-refractivity contribution >= 4 is 12.3 Å². The van der Waals surface area contributed by atoms with Gasteiger partial charge < -0.3 is 0 Å². The molecule has 0 aliphatic carbocycles. The van der Waals surface area contributed by atoms with Crippen molar-refractivity contribution in [3.8, 4) is 0 Å². The lowest BCUT2D eigenvalue weighted by Crippen LogP contribution is -1.86. The summed E-state index contributed by atoms with van der Waals surface area (Å²) >= 11 is 0. The molecule has 0 spiro atoms. The fourth-order valence-corrected chi connectivity index (χ4v) is 1.10. The maximum atomic E-state index is 4.32. The van der Waals surface area contributed by atoms with Gasteiger partial charge in [-0.25, -0.2) is 0 Å². The van der Waals surface area contributed by atoms with E-state index in [9.17, 15) is 0 Å². The van der Waals surface area contributed by atoms with Crippen LogP contribution < -0.4 is 0 Å². The average molecular weight is 186 g/mol. The lowest BCUT2D eigenvalue weighted by Gasteiger charge is -2.00. The number of rotatable bonds is 3. The van der Waals surface area contributed by atoms with Gasteiger partial charge >= 0.3 is 0 Å². The van der Waals surface area contributed by atoms with Gasteiger partial charge in [-0.2, -0.15) is 0 Å². The minimum absolute atomic E-state index is 0.956. The standard InChI is InChI=1S/C12H14N2/c1-4-11(7-8-13-3)12-6-5-10(2)9-14-12/h4-9H,3H2,1-2H3/b8-7-,11-4+. The summed E-state index contributed by atoms with van der Waals surface area (Å²) in [6, 6.07) is 4.04. The first-order valence-corrected chi connectivity index (χ1v) is 4.49. The zero-order valence-corrected chi connectivity index (χ0v) is 8.57. The molecule has 1 aromatic heterocycles. The predicted octanol–water partition coefficient (Wildman–Crippen LogP) is 3.01. The first-order chi connectivity index (χ1) is 6.77. The first-order valence-electron chi connectivity index (χ1n) is 4.49. The second-order valence-corrected chi connectivity index (χ2v) is 2.96. The minimum Gasteiger partial charge on any atom is -0.272 e. The molecule has 0 aliphatic heterocycles. The molecule has 0 aliphatic rings. The maximum absolute atomic E-state index is 4.32. The largest absolute Gasteiger partial charge is 0.272 e. The van der Waals surface area contributed by atoms with Crippen LogP contribution in [0.15, 0.2) is 41.7 Å². The second-order valence-electron chi connectivity index (χ2n) is 2.96. The lowest BCUT2D eigenvalue weighted by atomic mass is 10.1. The Balaban J connectivity index is 2.96. The van der Waals surface area contributed by atoms with Gasteiger partial charge in [0.2, 0.25) is 0 Å². The van der Waals surface area contributed by atoms with Crippen molar-refractivity contribution in [3.63, 3.8) is 0 Å². The average Bonchev–Trinajstić information content (AvgIpc) is 2.21. The van der Waals surface area contributed by atoms with E-state index in [1.54, 1.807) is 6.20 Å². The van der Waals surface area contributed by atoms with Crippen molar-refractivity contribution in [2.75, 3.05) is 0 Å². The Kier molecular flexibility index (Phi) is 3.80. The van der Waals surface area contributed by atoms with E-state index in [1.165, 1.54) is 0 Å². The molecule has 0 amide bonds. The lowest BCUT2D eigenvalue weighted by molar-refractivity contribution is 1.23. The fraction of sp³-hybridized carbons (Fsp3) is 0.167. The zero-order valence-electron chi connectivity index (χ0n) is 8.57. The molecule has 0 saturated carbocycles. The monoisotopic (exact) mass is 186 g/mol. The molecule has 1 heterocycles. The number of aryl methyl sites for hydroxylation is 1. The Morgan fingerprint density at radius 2 is 2.29 bits per heavy atom. The number of pyridine rings is 1. The predicted molar refractivity (Wildman–Crippen MR) is 61.3 cm³/mol. The van der Waals surface area contributed by atoms with Gasteiger partial charge in [0.25, 0.3) is 0 Å². The Bertz CT molecular complexity index is 358. The normalized spacial score (nSPS) is 12.0. The molecule has 0 atom stereocenters. The van der Waals surface area contributed by atoms with Crippen LogP contribution in [0.2, 0.25) is 0 Å². The number of aliphatic imine (C=N–C) groups is 1. The molecule has 1 aromatic rings. The number of hydrogen-bond donors (Lipinski definition) is 0. The van der Waals surface area contributed by atoms with Gasteiger partial charge in [0.05, 0.1) is 5.69 Å². The van der Waals surface area contributed by atoms with Crippen molar-refractivity contribution in [1.82, 2.24) is 4.98 Å². The highest BCUT2D eigenvalue weighted by Gasteiger charge is 1.96. The van der Waals surface area contributed by atoms with Crippen LogP contribution in [-0.2, 0) is 0 Å². The molecular formula is C12H14N2. The van der Waals surface area contributed by atoms with Crippen LogP contribution in [0.4, 0.5) is 0 Å². The molecule has 2 heteroatoms. The van der Waals surface area contributed by atoms with Gasteiger partial charge in [0.1, 0.15) is 0 Å². The molecule has 0 N–H and O–H groups in total. The summed E-state index contributed by atoms with van der Waals surface area (Å²) in [6.07, 6.45) is 7.41. The maximum Gasteiger partial charge on any atom is 0.0699 e. The van der Waals surface area contributed by atoms with Crippen LogP contribution in [0, 0.1) is 6.92 Å². The molecule has 14 heavy (non-hydrogen) atoms. The molecule has 0 bridgehead atoms. The van der Waals surface area contributed by atoms with Crippen LogP contribution in [0.3, 0.4) is 0 Å². The number of hydrogen-bond acceptors (Lipinski definition) is 2. The SMILES string of the molecule is C=N/C=C\C(=C/C)c1ccc(C)cn1. The zero-order chi connectivity index (χ0) is 10.4. The molecule has 0 fully saturated rings. The highest BCUT2D eigenvalue weighted by atomic mass is 14.7. The van der Waals surface area contributed by atoms with Crippen molar-refractivity contribution < 1.29 is 0 Å². The van der Waals surface area contributed by atoms with E-state index in [4.69, 9.17) is 0 Å². The summed E-state index contributed by atoms with van der Waals surface area (Å²) in [7, 11) is 0. The third-order valence-corrected chi connectivity index (χ3v) is 1.88. The van der Waals surface area contributed by atoms with E-state index < -0.39 is 0 Å². The third-order valence-electron chi connectivity index (χ3n) is 1.88. The smallest absolute Gasteiger partial charge is 0.0699 e. The summed E-state index contributed by atoms with van der Waals surface area (Å²) in [5.74, 6) is 0. The molecule has 0 aromatic carbocycles. The fourth-order valence-electron chi connectivity index (χ4n) is 1.10. The Hall–Kier alpha value is -1.70. The van der Waals surface area contributed by atoms with Crippen LogP contribution in [0.5, 0.6) is 0 Å². The van der Waals surface area contributed by atoms with Crippen LogP contribution in [0.25, 0.3) is 5.57 Å². The van der Waals surface area contributed by atoms with E-state index >= 15 is 0 Å². The number of nitrogens with zero attached hydrogens (tertiary/aromatic N) is 2. The van der Waals surface area contributed by atoms with Crippen molar-refractivity contribution in [2.45, 2.75) is 13.8 Å². The van der Waals surface area contributed by atoms with Gasteiger partial charge in [0, 0.05) is 12.4 Å². The number of allylic oxidation sites excluding steroid dienone is 3. The molecule has 1 rings (SSSR count). The summed E-state index contributed by atoms with van der Waals surface area (Å²) in [6.45, 7) is 7.39. The van der Waals surface area contributed by atoms with E-state index in [0.717, 1.165) is 16.8 Å². The van der Waals surface area contributed by atoms with E-state index in [0.29, 0.717) is 0 Å². The van der Waals surface area contributed by atoms with Gasteiger partial charge in [-0.05, 0) is 43.8 Å². The van der Waals surface area contributed by atoms with Gasteiger partial charge in [-0.1, -0.05) is 12.1 Å². The highest BCUT2D eigenvalue weighted by Crippen LogP contribution is 2.13. The van der Waals surface area contributed by atoms with Gasteiger partial charge in [-0.3, -0.25) is 9.98 Å². The Morgan fingerprint density at radius 1 is 1.50 bits per heavy atom. The summed E-state index contributed by atoms with van der Waals surface area (Å²) in [5, 5.41) is 0. The van der Waals surface area contributed by atoms with E-state index in [2.05, 4.69) is 16.7 Å². The molecule has 2 nitrogen and oxygen atoms in total. The molecule has 0 unspecified atom stereocenters. The van der Waals surface area contributed by atoms with E-state index in [-0.39, 0.29) is 0 Å². The molecule has 0 radical (unpaired) electrons. The van der Waals surface area contributed by atoms with Gasteiger partial charge in [-0.15, -0.1) is 0 Å². The van der Waals surface area contributed by atoms with E-state index in [1.807, 2.05) is 44.3 Å². The first kappa shape index (κ1) is 10.4. The highest BCUT2D eigenvalue weighted by molar-refractivity contribution is 5.71. The second kappa shape index (κ2) is 5.12. The van der Waals surface area contributed by atoms with Crippen LogP contribution in [-0.4, -0.2) is 11.7 Å². The topological polar surface area (TPSA) is 25.2 Å².